The van der Waals surface area contributed by atoms with Gasteiger partial charge >= 0.3 is 0 Å². The summed E-state index contributed by atoms with van der Waals surface area (Å²) in [6, 6.07) is 9.71. The number of hydrazine groups is 1. The molecule has 0 radical (unpaired) electrons. The summed E-state index contributed by atoms with van der Waals surface area (Å²) >= 11 is 3.32. The molecule has 3 N–H and O–H groups in total. The summed E-state index contributed by atoms with van der Waals surface area (Å²) < 4.78 is 0. The Kier molecular flexibility index (Phi) is 4.11. The molecule has 2 rings (SSSR count). The Labute approximate surface area is 108 Å². The minimum Gasteiger partial charge on any atom is -0.304 e. The first-order chi connectivity index (χ1) is 8.27. The van der Waals surface area contributed by atoms with E-state index in [2.05, 4.69) is 37.3 Å². The summed E-state index contributed by atoms with van der Waals surface area (Å²) in [7, 11) is 0. The maximum atomic E-state index is 11.3. The van der Waals surface area contributed by atoms with Crippen LogP contribution in [0.1, 0.15) is 5.56 Å². The standard InChI is InChI=1S/C11H13BrN4O/c12-10-9(7-14-16-11(10)17)15-13-6-8-4-2-1-3-5-8/h1-6,9-10,14-15H,7H2,(H,16,17)/b13-6+. The normalized spacial score (nSPS) is 24.6. The van der Waals surface area contributed by atoms with E-state index < -0.39 is 0 Å². The van der Waals surface area contributed by atoms with Crippen LogP contribution in [0.15, 0.2) is 35.4 Å². The highest BCUT2D eigenvalue weighted by molar-refractivity contribution is 9.10. The van der Waals surface area contributed by atoms with Gasteiger partial charge in [-0.2, -0.15) is 5.10 Å². The molecule has 1 amide bonds. The van der Waals surface area contributed by atoms with Crippen LogP contribution < -0.4 is 16.3 Å². The van der Waals surface area contributed by atoms with Gasteiger partial charge in [-0.1, -0.05) is 46.3 Å². The van der Waals surface area contributed by atoms with Crippen LogP contribution in [0.3, 0.4) is 0 Å². The number of carbonyl (C=O) groups excluding carboxylic acids is 1. The van der Waals surface area contributed by atoms with Crippen LogP contribution in [0.2, 0.25) is 0 Å². The van der Waals surface area contributed by atoms with E-state index in [1.54, 1.807) is 6.21 Å². The molecule has 1 aromatic carbocycles. The van der Waals surface area contributed by atoms with E-state index >= 15 is 0 Å². The zero-order valence-electron chi connectivity index (χ0n) is 9.06. The third-order valence-corrected chi connectivity index (χ3v) is 3.44. The molecule has 1 aliphatic heterocycles. The van der Waals surface area contributed by atoms with Gasteiger partial charge in [-0.15, -0.1) is 0 Å². The van der Waals surface area contributed by atoms with Gasteiger partial charge < -0.3 is 5.43 Å². The summed E-state index contributed by atoms with van der Waals surface area (Å²) in [6.07, 6.45) is 1.73. The Bertz CT molecular complexity index is 409. The highest BCUT2D eigenvalue weighted by atomic mass is 79.9. The molecule has 0 spiro atoms. The van der Waals surface area contributed by atoms with Gasteiger partial charge in [0.25, 0.3) is 0 Å². The number of nitrogens with one attached hydrogen (secondary N) is 3. The van der Waals surface area contributed by atoms with Gasteiger partial charge in [0.2, 0.25) is 5.91 Å². The lowest BCUT2D eigenvalue weighted by Gasteiger charge is -2.27. The number of amides is 1. The third kappa shape index (κ3) is 3.28. The van der Waals surface area contributed by atoms with Crippen molar-refractivity contribution in [1.82, 2.24) is 16.3 Å². The number of hydrogen-bond donors (Lipinski definition) is 3. The number of alkyl halides is 1. The van der Waals surface area contributed by atoms with E-state index in [0.29, 0.717) is 6.54 Å². The number of rotatable bonds is 3. The van der Waals surface area contributed by atoms with Crippen LogP contribution in [0.5, 0.6) is 0 Å². The van der Waals surface area contributed by atoms with E-state index in [-0.39, 0.29) is 16.8 Å². The van der Waals surface area contributed by atoms with Gasteiger partial charge in [-0.3, -0.25) is 10.2 Å². The van der Waals surface area contributed by atoms with E-state index in [1.165, 1.54) is 0 Å². The number of nitrogens with zero attached hydrogens (tertiary/aromatic N) is 1. The first-order valence-corrected chi connectivity index (χ1v) is 6.19. The molecule has 2 unspecified atom stereocenters. The van der Waals surface area contributed by atoms with Crippen LogP contribution in [0.4, 0.5) is 0 Å². The zero-order valence-corrected chi connectivity index (χ0v) is 10.6. The van der Waals surface area contributed by atoms with Crippen LogP contribution in [0, 0.1) is 0 Å². The van der Waals surface area contributed by atoms with Crippen LogP contribution >= 0.6 is 15.9 Å². The molecule has 5 nitrogen and oxygen atoms in total. The lowest BCUT2D eigenvalue weighted by Crippen LogP contribution is -2.59. The zero-order chi connectivity index (χ0) is 12.1. The maximum Gasteiger partial charge on any atom is 0.250 e. The van der Waals surface area contributed by atoms with Gasteiger partial charge in [0.05, 0.1) is 12.3 Å². The van der Waals surface area contributed by atoms with Gasteiger partial charge in [0.15, 0.2) is 0 Å². The smallest absolute Gasteiger partial charge is 0.250 e. The van der Waals surface area contributed by atoms with Crippen LogP contribution in [0.25, 0.3) is 0 Å². The number of halogens is 1. The second kappa shape index (κ2) is 5.79. The summed E-state index contributed by atoms with van der Waals surface area (Å²) in [5, 5.41) is 4.13. The molecule has 1 heterocycles. The number of carbonyl (C=O) groups is 1. The molecule has 0 saturated carbocycles. The average Bonchev–Trinajstić information content (AvgIpc) is 2.36. The molecule has 17 heavy (non-hydrogen) atoms. The Morgan fingerprint density at radius 3 is 2.94 bits per heavy atom. The summed E-state index contributed by atoms with van der Waals surface area (Å²) in [6.45, 7) is 0.619. The predicted molar refractivity (Wildman–Crippen MR) is 69.8 cm³/mol. The highest BCUT2D eigenvalue weighted by Gasteiger charge is 2.29. The lowest BCUT2D eigenvalue weighted by atomic mass is 10.2. The quantitative estimate of drug-likeness (QED) is 0.429. The largest absolute Gasteiger partial charge is 0.304 e. The molecular formula is C11H13BrN4O. The van der Waals surface area contributed by atoms with Crippen molar-refractivity contribution in [2.75, 3.05) is 6.54 Å². The minimum atomic E-state index is -0.281. The third-order valence-electron chi connectivity index (χ3n) is 2.39. The predicted octanol–water partition coefficient (Wildman–Crippen LogP) is 0.377. The van der Waals surface area contributed by atoms with Crippen molar-refractivity contribution in [3.05, 3.63) is 35.9 Å². The van der Waals surface area contributed by atoms with Crippen molar-refractivity contribution in [2.24, 2.45) is 5.10 Å². The van der Waals surface area contributed by atoms with E-state index in [0.717, 1.165) is 5.56 Å². The fourth-order valence-electron chi connectivity index (χ4n) is 1.46. The van der Waals surface area contributed by atoms with Gasteiger partial charge in [-0.25, -0.2) is 5.43 Å². The molecule has 1 aromatic rings. The molecule has 1 saturated heterocycles. The summed E-state index contributed by atoms with van der Waals surface area (Å²) in [4.78, 5) is 11.0. The van der Waals surface area contributed by atoms with Crippen molar-refractivity contribution in [3.8, 4) is 0 Å². The van der Waals surface area contributed by atoms with Gasteiger partial charge in [-0.05, 0) is 5.56 Å². The number of hydrogen-bond acceptors (Lipinski definition) is 4. The molecule has 6 heteroatoms. The Balaban J connectivity index is 1.89. The monoisotopic (exact) mass is 296 g/mol. The number of benzene rings is 1. The molecule has 0 aromatic heterocycles. The average molecular weight is 297 g/mol. The van der Waals surface area contributed by atoms with Crippen molar-refractivity contribution >= 4 is 28.1 Å². The van der Waals surface area contributed by atoms with Crippen LogP contribution in [-0.4, -0.2) is 29.5 Å². The van der Waals surface area contributed by atoms with Gasteiger partial charge in [0.1, 0.15) is 4.83 Å². The first-order valence-electron chi connectivity index (χ1n) is 5.28. The molecule has 90 valence electrons. The second-order valence-corrected chi connectivity index (χ2v) is 4.66. The second-order valence-electron chi connectivity index (χ2n) is 3.68. The number of hydrazone groups is 1. The topological polar surface area (TPSA) is 65.5 Å². The van der Waals surface area contributed by atoms with E-state index in [9.17, 15) is 4.79 Å². The van der Waals surface area contributed by atoms with Crippen molar-refractivity contribution in [3.63, 3.8) is 0 Å². The van der Waals surface area contributed by atoms with Crippen molar-refractivity contribution < 1.29 is 4.79 Å². The fraction of sp³-hybridized carbons (Fsp3) is 0.273. The maximum absolute atomic E-state index is 11.3. The highest BCUT2D eigenvalue weighted by Crippen LogP contribution is 2.08. The molecular weight excluding hydrogens is 284 g/mol. The lowest BCUT2D eigenvalue weighted by molar-refractivity contribution is -0.123. The molecule has 0 aliphatic carbocycles. The summed E-state index contributed by atoms with van der Waals surface area (Å²) in [5.74, 6) is -0.0938. The Morgan fingerprint density at radius 1 is 1.41 bits per heavy atom. The summed E-state index contributed by atoms with van der Waals surface area (Å²) in [5.41, 5.74) is 9.30. The van der Waals surface area contributed by atoms with Crippen LogP contribution in [-0.2, 0) is 4.79 Å². The van der Waals surface area contributed by atoms with E-state index in [4.69, 9.17) is 0 Å². The first kappa shape index (κ1) is 12.1. The van der Waals surface area contributed by atoms with E-state index in [1.807, 2.05) is 30.3 Å². The Morgan fingerprint density at radius 2 is 2.18 bits per heavy atom. The molecule has 1 fully saturated rings. The minimum absolute atomic E-state index is 0.0660. The van der Waals surface area contributed by atoms with Crippen molar-refractivity contribution in [2.45, 2.75) is 10.9 Å². The van der Waals surface area contributed by atoms with Gasteiger partial charge in [0, 0.05) is 6.54 Å². The van der Waals surface area contributed by atoms with Crippen molar-refractivity contribution in [1.29, 1.82) is 0 Å². The SMILES string of the molecule is O=C1NNCC(N/N=C/c2ccccc2)C1Br. The molecule has 0 bridgehead atoms. The Hall–Kier alpha value is -1.40. The molecule has 2 atom stereocenters. The fourth-order valence-corrected chi connectivity index (χ4v) is 1.88. The molecule has 1 aliphatic rings.